The fourth-order valence-electron chi connectivity index (χ4n) is 2.22. The second-order valence-corrected chi connectivity index (χ2v) is 4.71. The third kappa shape index (κ3) is 3.93. The molecule has 1 fully saturated rings. The minimum Gasteiger partial charge on any atom is -0.393 e. The summed E-state index contributed by atoms with van der Waals surface area (Å²) in [5.41, 5.74) is 5.62. The van der Waals surface area contributed by atoms with E-state index in [0.29, 0.717) is 11.0 Å². The molecule has 0 aromatic carbocycles. The molecular formula is C11H22N2S. The van der Waals surface area contributed by atoms with Crippen LogP contribution in [0.25, 0.3) is 0 Å². The Bertz CT molecular complexity index is 174. The number of nitrogens with two attached hydrogens (primary N) is 1. The van der Waals surface area contributed by atoms with E-state index < -0.39 is 0 Å². The first kappa shape index (κ1) is 11.9. The third-order valence-corrected chi connectivity index (χ3v) is 3.23. The molecule has 82 valence electrons. The maximum absolute atomic E-state index is 5.62. The summed E-state index contributed by atoms with van der Waals surface area (Å²) in [5.74, 6) is 0. The van der Waals surface area contributed by atoms with Gasteiger partial charge in [-0.05, 0) is 32.4 Å². The minimum absolute atomic E-state index is 0.589. The zero-order chi connectivity index (χ0) is 10.4. The molecule has 2 N–H and O–H groups in total. The second kappa shape index (κ2) is 6.36. The molecule has 0 aromatic rings. The van der Waals surface area contributed by atoms with Crippen LogP contribution in [-0.4, -0.2) is 29.0 Å². The molecule has 1 aliphatic heterocycles. The maximum Gasteiger partial charge on any atom is 0.0743 e. The average molecular weight is 214 g/mol. The van der Waals surface area contributed by atoms with Gasteiger partial charge in [-0.15, -0.1) is 0 Å². The van der Waals surface area contributed by atoms with Gasteiger partial charge in [-0.1, -0.05) is 32.0 Å². The number of likely N-dealkylation sites (tertiary alicyclic amines) is 1. The van der Waals surface area contributed by atoms with Crippen molar-refractivity contribution in [1.82, 2.24) is 4.90 Å². The van der Waals surface area contributed by atoms with Gasteiger partial charge in [-0.25, -0.2) is 0 Å². The Morgan fingerprint density at radius 3 is 2.29 bits per heavy atom. The highest BCUT2D eigenvalue weighted by molar-refractivity contribution is 7.80. The fourth-order valence-corrected chi connectivity index (χ4v) is 2.42. The van der Waals surface area contributed by atoms with Crippen LogP contribution in [0.3, 0.4) is 0 Å². The SMILES string of the molecule is CCC(CC(N)=S)N1CCCCCC1. The molecule has 0 aliphatic carbocycles. The molecule has 3 heteroatoms. The third-order valence-electron chi connectivity index (χ3n) is 3.07. The highest BCUT2D eigenvalue weighted by Gasteiger charge is 2.18. The Morgan fingerprint density at radius 2 is 1.86 bits per heavy atom. The molecule has 0 radical (unpaired) electrons. The summed E-state index contributed by atoms with van der Waals surface area (Å²) in [6, 6.07) is 0.589. The van der Waals surface area contributed by atoms with Gasteiger partial charge in [-0.3, -0.25) is 4.90 Å². The number of hydrogen-bond donors (Lipinski definition) is 1. The molecule has 1 unspecified atom stereocenters. The van der Waals surface area contributed by atoms with Gasteiger partial charge in [0, 0.05) is 12.5 Å². The van der Waals surface area contributed by atoms with E-state index >= 15 is 0 Å². The Kier molecular flexibility index (Phi) is 5.41. The van der Waals surface area contributed by atoms with Gasteiger partial charge in [0.15, 0.2) is 0 Å². The number of rotatable bonds is 4. The van der Waals surface area contributed by atoms with Crippen molar-refractivity contribution >= 4 is 17.2 Å². The van der Waals surface area contributed by atoms with E-state index in [4.69, 9.17) is 18.0 Å². The van der Waals surface area contributed by atoms with Crippen molar-refractivity contribution in [2.75, 3.05) is 13.1 Å². The monoisotopic (exact) mass is 214 g/mol. The van der Waals surface area contributed by atoms with Crippen molar-refractivity contribution in [2.24, 2.45) is 5.73 Å². The van der Waals surface area contributed by atoms with Gasteiger partial charge in [0.2, 0.25) is 0 Å². The van der Waals surface area contributed by atoms with Gasteiger partial charge < -0.3 is 5.73 Å². The molecule has 0 amide bonds. The van der Waals surface area contributed by atoms with E-state index in [1.54, 1.807) is 0 Å². The lowest BCUT2D eigenvalue weighted by Crippen LogP contribution is -2.38. The van der Waals surface area contributed by atoms with Crippen LogP contribution in [-0.2, 0) is 0 Å². The summed E-state index contributed by atoms with van der Waals surface area (Å²) in [5, 5.41) is 0. The van der Waals surface area contributed by atoms with Crippen molar-refractivity contribution in [3.63, 3.8) is 0 Å². The predicted octanol–water partition coefficient (Wildman–Crippen LogP) is 2.32. The van der Waals surface area contributed by atoms with Gasteiger partial charge in [0.1, 0.15) is 0 Å². The number of nitrogens with zero attached hydrogens (tertiary/aromatic N) is 1. The molecule has 2 nitrogen and oxygen atoms in total. The predicted molar refractivity (Wildman–Crippen MR) is 65.5 cm³/mol. The van der Waals surface area contributed by atoms with Crippen molar-refractivity contribution in [3.8, 4) is 0 Å². The van der Waals surface area contributed by atoms with E-state index in [-0.39, 0.29) is 0 Å². The van der Waals surface area contributed by atoms with Crippen molar-refractivity contribution in [2.45, 2.75) is 51.5 Å². The van der Waals surface area contributed by atoms with Crippen molar-refractivity contribution in [1.29, 1.82) is 0 Å². The quantitative estimate of drug-likeness (QED) is 0.728. The topological polar surface area (TPSA) is 29.3 Å². The first-order valence-electron chi connectivity index (χ1n) is 5.76. The summed E-state index contributed by atoms with van der Waals surface area (Å²) < 4.78 is 0. The Hall–Kier alpha value is -0.150. The normalized spacial score (nSPS) is 21.5. The molecule has 1 saturated heterocycles. The molecule has 1 aliphatic rings. The smallest absolute Gasteiger partial charge is 0.0743 e. The summed E-state index contributed by atoms with van der Waals surface area (Å²) in [4.78, 5) is 3.24. The van der Waals surface area contributed by atoms with Crippen LogP contribution in [0.4, 0.5) is 0 Å². The molecule has 0 aromatic heterocycles. The fraction of sp³-hybridized carbons (Fsp3) is 0.909. The van der Waals surface area contributed by atoms with Gasteiger partial charge in [-0.2, -0.15) is 0 Å². The van der Waals surface area contributed by atoms with Gasteiger partial charge in [0.25, 0.3) is 0 Å². The molecule has 14 heavy (non-hydrogen) atoms. The summed E-state index contributed by atoms with van der Waals surface area (Å²) in [6.45, 7) is 4.70. The Balaban J connectivity index is 2.44. The maximum atomic E-state index is 5.62. The minimum atomic E-state index is 0.589. The van der Waals surface area contributed by atoms with Crippen molar-refractivity contribution in [3.05, 3.63) is 0 Å². The van der Waals surface area contributed by atoms with E-state index in [9.17, 15) is 0 Å². The van der Waals surface area contributed by atoms with E-state index in [0.717, 1.165) is 12.8 Å². The second-order valence-electron chi connectivity index (χ2n) is 4.18. The Morgan fingerprint density at radius 1 is 1.29 bits per heavy atom. The van der Waals surface area contributed by atoms with E-state index in [1.165, 1.54) is 38.8 Å². The van der Waals surface area contributed by atoms with E-state index in [2.05, 4.69) is 11.8 Å². The van der Waals surface area contributed by atoms with Gasteiger partial charge >= 0.3 is 0 Å². The molecule has 0 saturated carbocycles. The molecule has 1 atom stereocenters. The van der Waals surface area contributed by atoms with Crippen LogP contribution < -0.4 is 5.73 Å². The van der Waals surface area contributed by atoms with Crippen LogP contribution >= 0.6 is 12.2 Å². The molecule has 0 spiro atoms. The molecular weight excluding hydrogens is 192 g/mol. The van der Waals surface area contributed by atoms with Crippen LogP contribution in [0.2, 0.25) is 0 Å². The molecule has 1 rings (SSSR count). The summed E-state index contributed by atoms with van der Waals surface area (Å²) >= 11 is 4.99. The highest BCUT2D eigenvalue weighted by atomic mass is 32.1. The van der Waals surface area contributed by atoms with Crippen LogP contribution in [0.5, 0.6) is 0 Å². The highest BCUT2D eigenvalue weighted by Crippen LogP contribution is 2.16. The van der Waals surface area contributed by atoms with Crippen LogP contribution in [0.15, 0.2) is 0 Å². The molecule has 1 heterocycles. The molecule has 0 bridgehead atoms. The van der Waals surface area contributed by atoms with E-state index in [1.807, 2.05) is 0 Å². The largest absolute Gasteiger partial charge is 0.393 e. The van der Waals surface area contributed by atoms with Crippen LogP contribution in [0, 0.1) is 0 Å². The number of thiocarbonyl (C=S) groups is 1. The van der Waals surface area contributed by atoms with Gasteiger partial charge in [0.05, 0.1) is 4.99 Å². The zero-order valence-electron chi connectivity index (χ0n) is 9.17. The lowest BCUT2D eigenvalue weighted by Gasteiger charge is -2.29. The standard InChI is InChI=1S/C11H22N2S/c1-2-10(9-11(12)14)13-7-5-3-4-6-8-13/h10H,2-9H2,1H3,(H2,12,14). The Labute approximate surface area is 92.8 Å². The lowest BCUT2D eigenvalue weighted by atomic mass is 10.1. The number of hydrogen-bond acceptors (Lipinski definition) is 2. The average Bonchev–Trinajstić information content (AvgIpc) is 2.41. The zero-order valence-corrected chi connectivity index (χ0v) is 9.98. The lowest BCUT2D eigenvalue weighted by molar-refractivity contribution is 0.203. The van der Waals surface area contributed by atoms with Crippen LogP contribution in [0.1, 0.15) is 45.4 Å². The van der Waals surface area contributed by atoms with Crippen molar-refractivity contribution < 1.29 is 0 Å². The summed E-state index contributed by atoms with van der Waals surface area (Å²) in [7, 11) is 0. The summed E-state index contributed by atoms with van der Waals surface area (Å²) in [6.07, 6.45) is 7.52. The first-order valence-corrected chi connectivity index (χ1v) is 6.17. The first-order chi connectivity index (χ1) is 6.74.